The molecule has 1 aromatic carbocycles. The molecule has 0 bridgehead atoms. The maximum atomic E-state index is 5.12. The van der Waals surface area contributed by atoms with Crippen molar-refractivity contribution < 1.29 is 4.74 Å². The van der Waals surface area contributed by atoms with Crippen molar-refractivity contribution in [3.05, 3.63) is 36.0 Å². The standard InChI is InChI=1S/C17H26N2O/c1-3-10-18-13-15-14-19(11-6-7-12-20-2)17-9-5-4-8-16(15)17/h4-5,8-9,14,18H,3,6-7,10-13H2,1-2H3. The highest BCUT2D eigenvalue weighted by Gasteiger charge is 2.07. The molecule has 0 spiro atoms. The topological polar surface area (TPSA) is 26.2 Å². The first-order valence-corrected chi connectivity index (χ1v) is 7.63. The Morgan fingerprint density at radius 1 is 1.20 bits per heavy atom. The van der Waals surface area contributed by atoms with E-state index in [0.29, 0.717) is 0 Å². The van der Waals surface area contributed by atoms with E-state index < -0.39 is 0 Å². The molecule has 1 heterocycles. The first kappa shape index (κ1) is 15.1. The van der Waals surface area contributed by atoms with Gasteiger partial charge in [0.2, 0.25) is 0 Å². The minimum Gasteiger partial charge on any atom is -0.385 e. The summed E-state index contributed by atoms with van der Waals surface area (Å²) in [7, 11) is 1.77. The Hall–Kier alpha value is -1.32. The lowest BCUT2D eigenvalue weighted by Crippen LogP contribution is -2.13. The van der Waals surface area contributed by atoms with Crippen molar-refractivity contribution in [3.8, 4) is 0 Å². The summed E-state index contributed by atoms with van der Waals surface area (Å²) in [6.07, 6.45) is 5.76. The van der Waals surface area contributed by atoms with Crippen LogP contribution in [0.25, 0.3) is 10.9 Å². The van der Waals surface area contributed by atoms with E-state index in [1.54, 1.807) is 7.11 Å². The number of nitrogens with one attached hydrogen (secondary N) is 1. The lowest BCUT2D eigenvalue weighted by Gasteiger charge is -2.04. The molecule has 1 N–H and O–H groups in total. The summed E-state index contributed by atoms with van der Waals surface area (Å²) in [6.45, 7) is 6.15. The fourth-order valence-corrected chi connectivity index (χ4v) is 2.58. The zero-order chi connectivity index (χ0) is 14.2. The van der Waals surface area contributed by atoms with Crippen LogP contribution in [0.15, 0.2) is 30.5 Å². The molecular formula is C17H26N2O. The first-order valence-electron chi connectivity index (χ1n) is 7.63. The third-order valence-electron chi connectivity index (χ3n) is 3.61. The van der Waals surface area contributed by atoms with E-state index >= 15 is 0 Å². The maximum Gasteiger partial charge on any atom is 0.0483 e. The second kappa shape index (κ2) is 8.08. The predicted octanol–water partition coefficient (Wildman–Crippen LogP) is 3.57. The zero-order valence-corrected chi connectivity index (χ0v) is 12.7. The van der Waals surface area contributed by atoms with Gasteiger partial charge >= 0.3 is 0 Å². The number of para-hydroxylation sites is 1. The Morgan fingerprint density at radius 2 is 2.05 bits per heavy atom. The van der Waals surface area contributed by atoms with Crippen LogP contribution in [0, 0.1) is 0 Å². The number of benzene rings is 1. The third kappa shape index (κ3) is 3.84. The van der Waals surface area contributed by atoms with E-state index in [0.717, 1.165) is 39.1 Å². The molecule has 0 saturated heterocycles. The molecule has 0 unspecified atom stereocenters. The van der Waals surface area contributed by atoms with E-state index in [4.69, 9.17) is 4.74 Å². The minimum absolute atomic E-state index is 0.851. The summed E-state index contributed by atoms with van der Waals surface area (Å²) in [5.74, 6) is 0. The van der Waals surface area contributed by atoms with Gasteiger partial charge in [0.25, 0.3) is 0 Å². The van der Waals surface area contributed by atoms with Gasteiger partial charge in [-0.15, -0.1) is 0 Å². The van der Waals surface area contributed by atoms with E-state index in [1.165, 1.54) is 22.9 Å². The van der Waals surface area contributed by atoms with Crippen LogP contribution in [0.5, 0.6) is 0 Å². The van der Waals surface area contributed by atoms with Crippen LogP contribution in [0.4, 0.5) is 0 Å². The Kier molecular flexibility index (Phi) is 6.09. The van der Waals surface area contributed by atoms with Crippen molar-refractivity contribution in [2.45, 2.75) is 39.3 Å². The lowest BCUT2D eigenvalue weighted by atomic mass is 10.2. The van der Waals surface area contributed by atoms with Crippen molar-refractivity contribution in [3.63, 3.8) is 0 Å². The third-order valence-corrected chi connectivity index (χ3v) is 3.61. The Labute approximate surface area is 121 Å². The molecule has 0 saturated carbocycles. The molecule has 1 aromatic heterocycles. The van der Waals surface area contributed by atoms with Crippen LogP contribution >= 0.6 is 0 Å². The highest BCUT2D eigenvalue weighted by atomic mass is 16.5. The predicted molar refractivity (Wildman–Crippen MR) is 85.0 cm³/mol. The van der Waals surface area contributed by atoms with Gasteiger partial charge in [0.1, 0.15) is 0 Å². The Morgan fingerprint density at radius 3 is 2.85 bits per heavy atom. The summed E-state index contributed by atoms with van der Waals surface area (Å²) in [5.41, 5.74) is 2.75. The van der Waals surface area contributed by atoms with Gasteiger partial charge in [0, 0.05) is 43.9 Å². The van der Waals surface area contributed by atoms with E-state index in [9.17, 15) is 0 Å². The van der Waals surface area contributed by atoms with Gasteiger partial charge < -0.3 is 14.6 Å². The Balaban J connectivity index is 2.09. The quantitative estimate of drug-likeness (QED) is 0.708. The van der Waals surface area contributed by atoms with Crippen molar-refractivity contribution in [1.29, 1.82) is 0 Å². The second-order valence-corrected chi connectivity index (χ2v) is 5.24. The molecular weight excluding hydrogens is 248 g/mol. The maximum absolute atomic E-state index is 5.12. The number of rotatable bonds is 9. The summed E-state index contributed by atoms with van der Waals surface area (Å²) >= 11 is 0. The van der Waals surface area contributed by atoms with Crippen LogP contribution < -0.4 is 5.32 Å². The van der Waals surface area contributed by atoms with Crippen LogP contribution in [0.3, 0.4) is 0 Å². The van der Waals surface area contributed by atoms with Crippen LogP contribution in [0.2, 0.25) is 0 Å². The van der Waals surface area contributed by atoms with E-state index in [1.807, 2.05) is 0 Å². The number of unbranched alkanes of at least 4 members (excludes halogenated alkanes) is 1. The van der Waals surface area contributed by atoms with Crippen molar-refractivity contribution in [2.24, 2.45) is 0 Å². The van der Waals surface area contributed by atoms with Gasteiger partial charge in [-0.25, -0.2) is 0 Å². The van der Waals surface area contributed by atoms with Gasteiger partial charge in [0.05, 0.1) is 0 Å². The normalized spacial score (nSPS) is 11.3. The van der Waals surface area contributed by atoms with Crippen LogP contribution in [0.1, 0.15) is 31.7 Å². The van der Waals surface area contributed by atoms with Crippen LogP contribution in [-0.2, 0) is 17.8 Å². The monoisotopic (exact) mass is 274 g/mol. The molecule has 2 rings (SSSR count). The number of methoxy groups -OCH3 is 1. The smallest absolute Gasteiger partial charge is 0.0483 e. The summed E-state index contributed by atoms with van der Waals surface area (Å²) in [4.78, 5) is 0. The number of nitrogens with zero attached hydrogens (tertiary/aromatic N) is 1. The largest absolute Gasteiger partial charge is 0.385 e. The molecule has 0 radical (unpaired) electrons. The van der Waals surface area contributed by atoms with Gasteiger partial charge in [-0.1, -0.05) is 25.1 Å². The number of ether oxygens (including phenoxy) is 1. The summed E-state index contributed by atoms with van der Waals surface area (Å²) in [5, 5.41) is 4.88. The van der Waals surface area contributed by atoms with Gasteiger partial charge in [-0.2, -0.15) is 0 Å². The summed E-state index contributed by atoms with van der Waals surface area (Å²) in [6, 6.07) is 8.69. The SMILES string of the molecule is CCCNCc1cn(CCCCOC)c2ccccc12. The van der Waals surface area contributed by atoms with Crippen LogP contribution in [-0.4, -0.2) is 24.8 Å². The van der Waals surface area contributed by atoms with E-state index in [2.05, 4.69) is 47.3 Å². The minimum atomic E-state index is 0.851. The molecule has 2 aromatic rings. The molecule has 0 fully saturated rings. The summed E-state index contributed by atoms with van der Waals surface area (Å²) < 4.78 is 7.50. The molecule has 20 heavy (non-hydrogen) atoms. The molecule has 0 atom stereocenters. The average Bonchev–Trinajstić information content (AvgIpc) is 2.83. The molecule has 0 amide bonds. The van der Waals surface area contributed by atoms with Crippen molar-refractivity contribution in [2.75, 3.05) is 20.3 Å². The van der Waals surface area contributed by atoms with Crippen molar-refractivity contribution >= 4 is 10.9 Å². The molecule has 3 nitrogen and oxygen atoms in total. The van der Waals surface area contributed by atoms with E-state index in [-0.39, 0.29) is 0 Å². The number of hydrogen-bond acceptors (Lipinski definition) is 2. The zero-order valence-electron chi connectivity index (χ0n) is 12.7. The molecule has 0 aliphatic heterocycles. The fourth-order valence-electron chi connectivity index (χ4n) is 2.58. The highest BCUT2D eigenvalue weighted by Crippen LogP contribution is 2.21. The number of aromatic nitrogens is 1. The fraction of sp³-hybridized carbons (Fsp3) is 0.529. The molecule has 0 aliphatic carbocycles. The highest BCUT2D eigenvalue weighted by molar-refractivity contribution is 5.83. The number of fused-ring (bicyclic) bond motifs is 1. The number of aryl methyl sites for hydroxylation is 1. The molecule has 110 valence electrons. The Bertz CT molecular complexity index is 519. The molecule has 0 aliphatic rings. The second-order valence-electron chi connectivity index (χ2n) is 5.24. The number of hydrogen-bond donors (Lipinski definition) is 1. The lowest BCUT2D eigenvalue weighted by molar-refractivity contribution is 0.191. The van der Waals surface area contributed by atoms with Gasteiger partial charge in [-0.3, -0.25) is 0 Å². The first-order chi connectivity index (χ1) is 9.86. The molecule has 3 heteroatoms. The van der Waals surface area contributed by atoms with Gasteiger partial charge in [0.15, 0.2) is 0 Å². The van der Waals surface area contributed by atoms with Crippen molar-refractivity contribution in [1.82, 2.24) is 9.88 Å². The van der Waals surface area contributed by atoms with Gasteiger partial charge in [-0.05, 0) is 37.4 Å². The average molecular weight is 274 g/mol.